The number of carbonyl (C=O) groups is 1. The van der Waals surface area contributed by atoms with Gasteiger partial charge in [0, 0.05) is 0 Å². The van der Waals surface area contributed by atoms with E-state index in [4.69, 9.17) is 4.74 Å². The van der Waals surface area contributed by atoms with E-state index in [0.29, 0.717) is 22.9 Å². The Kier molecular flexibility index (Phi) is 7.22. The molecule has 0 saturated carbocycles. The van der Waals surface area contributed by atoms with Gasteiger partial charge in [-0.2, -0.15) is 0 Å². The minimum absolute atomic E-state index is 0.0821. The summed E-state index contributed by atoms with van der Waals surface area (Å²) in [5, 5.41) is 3.10. The average molecular weight is 479 g/mol. The molecular weight excluding hydrogens is 448 g/mol. The number of hydrogen-bond acceptors (Lipinski definition) is 4. The molecule has 1 aliphatic heterocycles. The number of rotatable bonds is 8. The molecule has 1 heterocycles. The van der Waals surface area contributed by atoms with Crippen molar-refractivity contribution in [1.82, 2.24) is 5.32 Å². The molecule has 0 spiro atoms. The monoisotopic (exact) mass is 478 g/mol. The molecule has 1 N–H and O–H groups in total. The molecule has 3 aromatic carbocycles. The van der Waals surface area contributed by atoms with Crippen LogP contribution in [0.3, 0.4) is 0 Å². The lowest BCUT2D eigenvalue weighted by molar-refractivity contribution is -0.128. The van der Waals surface area contributed by atoms with Crippen LogP contribution < -0.4 is 14.4 Å². The highest BCUT2D eigenvalue weighted by atomic mass is 32.2. The number of nitrogens with zero attached hydrogens (tertiary/aromatic N) is 1. The Morgan fingerprint density at radius 1 is 0.971 bits per heavy atom. The van der Waals surface area contributed by atoms with Crippen molar-refractivity contribution in [3.63, 3.8) is 0 Å². The lowest BCUT2D eigenvalue weighted by atomic mass is 9.96. The maximum absolute atomic E-state index is 13.4. The topological polar surface area (TPSA) is 75.7 Å². The molecule has 178 valence electrons. The predicted molar refractivity (Wildman–Crippen MR) is 134 cm³/mol. The van der Waals surface area contributed by atoms with Crippen LogP contribution in [-0.4, -0.2) is 27.0 Å². The van der Waals surface area contributed by atoms with Crippen molar-refractivity contribution in [3.05, 3.63) is 96.1 Å². The third kappa shape index (κ3) is 5.59. The minimum atomic E-state index is -3.74. The summed E-state index contributed by atoms with van der Waals surface area (Å²) in [6.07, 6.45) is -0.200. The van der Waals surface area contributed by atoms with Gasteiger partial charge >= 0.3 is 0 Å². The number of ether oxygens (including phenoxy) is 1. The lowest BCUT2D eigenvalue weighted by Gasteiger charge is -2.35. The van der Waals surface area contributed by atoms with Gasteiger partial charge in [-0.25, -0.2) is 8.42 Å². The quantitative estimate of drug-likeness (QED) is 0.510. The number of benzene rings is 3. The van der Waals surface area contributed by atoms with Crippen LogP contribution in [-0.2, 0) is 20.6 Å². The molecule has 2 unspecified atom stereocenters. The zero-order valence-corrected chi connectivity index (χ0v) is 20.2. The molecule has 0 bridgehead atoms. The van der Waals surface area contributed by atoms with Crippen LogP contribution in [0, 0.1) is 5.92 Å². The van der Waals surface area contributed by atoms with E-state index in [1.165, 1.54) is 4.31 Å². The van der Waals surface area contributed by atoms with E-state index >= 15 is 0 Å². The summed E-state index contributed by atoms with van der Waals surface area (Å²) in [5.74, 6) is 0.257. The van der Waals surface area contributed by atoms with Crippen LogP contribution in [0.5, 0.6) is 5.75 Å². The molecule has 1 aliphatic rings. The zero-order valence-electron chi connectivity index (χ0n) is 19.4. The van der Waals surface area contributed by atoms with Crippen molar-refractivity contribution in [2.24, 2.45) is 5.92 Å². The van der Waals surface area contributed by atoms with Gasteiger partial charge in [0.2, 0.25) is 10.0 Å². The Morgan fingerprint density at radius 3 is 2.26 bits per heavy atom. The highest BCUT2D eigenvalue weighted by Gasteiger charge is 2.37. The van der Waals surface area contributed by atoms with Gasteiger partial charge < -0.3 is 10.1 Å². The van der Waals surface area contributed by atoms with E-state index < -0.39 is 16.1 Å². The summed E-state index contributed by atoms with van der Waals surface area (Å²) in [7, 11) is -3.74. The normalized spacial score (nSPS) is 16.4. The lowest BCUT2D eigenvalue weighted by Crippen LogP contribution is -2.51. The van der Waals surface area contributed by atoms with E-state index in [-0.39, 0.29) is 24.2 Å². The number of nitrogens with one attached hydrogen (secondary N) is 1. The largest absolute Gasteiger partial charge is 0.476 e. The maximum atomic E-state index is 13.4. The molecule has 0 fully saturated rings. The number of fused-ring (bicyclic) bond motifs is 1. The maximum Gasteiger partial charge on any atom is 0.263 e. The molecule has 3 aromatic rings. The molecular formula is C27H30N2O4S. The third-order valence-electron chi connectivity index (χ3n) is 5.78. The van der Waals surface area contributed by atoms with Crippen LogP contribution in [0.1, 0.15) is 37.4 Å². The van der Waals surface area contributed by atoms with E-state index in [1.807, 2.05) is 48.5 Å². The van der Waals surface area contributed by atoms with E-state index in [0.717, 1.165) is 12.0 Å². The second kappa shape index (κ2) is 10.3. The second-order valence-corrected chi connectivity index (χ2v) is 10.8. The highest BCUT2D eigenvalue weighted by Crippen LogP contribution is 2.36. The first-order valence-corrected chi connectivity index (χ1v) is 13.1. The molecule has 2 atom stereocenters. The summed E-state index contributed by atoms with van der Waals surface area (Å²) in [6.45, 7) is 4.13. The van der Waals surface area contributed by atoms with Crippen LogP contribution in [0.25, 0.3) is 0 Å². The van der Waals surface area contributed by atoms with Crippen molar-refractivity contribution in [2.45, 2.75) is 38.2 Å². The molecule has 0 saturated heterocycles. The van der Waals surface area contributed by atoms with Gasteiger partial charge in [0.1, 0.15) is 5.75 Å². The van der Waals surface area contributed by atoms with Crippen molar-refractivity contribution in [1.29, 1.82) is 0 Å². The molecule has 4 rings (SSSR count). The Morgan fingerprint density at radius 2 is 1.59 bits per heavy atom. The Balaban J connectivity index is 1.59. The number of hydrogen-bond donors (Lipinski definition) is 1. The Hall–Kier alpha value is -3.32. The molecule has 1 amide bonds. The first-order chi connectivity index (χ1) is 16.3. The van der Waals surface area contributed by atoms with Gasteiger partial charge in [0.15, 0.2) is 6.10 Å². The molecule has 0 aliphatic carbocycles. The van der Waals surface area contributed by atoms with Gasteiger partial charge in [-0.3, -0.25) is 9.10 Å². The number of amides is 1. The fourth-order valence-corrected chi connectivity index (χ4v) is 5.75. The predicted octanol–water partition coefficient (Wildman–Crippen LogP) is 4.69. The number of sulfonamides is 1. The molecule has 6 nitrogen and oxygen atoms in total. The van der Waals surface area contributed by atoms with Crippen LogP contribution in [0.15, 0.2) is 84.9 Å². The van der Waals surface area contributed by atoms with Crippen LogP contribution >= 0.6 is 0 Å². The fourth-order valence-electron chi connectivity index (χ4n) is 4.16. The molecule has 0 radical (unpaired) electrons. The Labute approximate surface area is 201 Å². The Bertz CT molecular complexity index is 1210. The van der Waals surface area contributed by atoms with Crippen molar-refractivity contribution in [3.8, 4) is 5.75 Å². The zero-order chi connectivity index (χ0) is 24.1. The van der Waals surface area contributed by atoms with Gasteiger partial charge in [0.05, 0.1) is 24.0 Å². The average Bonchev–Trinajstić information content (AvgIpc) is 2.83. The van der Waals surface area contributed by atoms with Gasteiger partial charge in [-0.15, -0.1) is 0 Å². The van der Waals surface area contributed by atoms with Crippen LogP contribution in [0.4, 0.5) is 5.69 Å². The van der Waals surface area contributed by atoms with Gasteiger partial charge in [0.25, 0.3) is 5.91 Å². The van der Waals surface area contributed by atoms with E-state index in [2.05, 4.69) is 19.2 Å². The van der Waals surface area contributed by atoms with E-state index in [9.17, 15) is 13.2 Å². The first-order valence-electron chi connectivity index (χ1n) is 11.5. The van der Waals surface area contributed by atoms with Crippen LogP contribution in [0.2, 0.25) is 0 Å². The summed E-state index contributed by atoms with van der Waals surface area (Å²) in [4.78, 5) is 13.3. The van der Waals surface area contributed by atoms with E-state index in [1.54, 1.807) is 36.4 Å². The molecule has 7 heteroatoms. The third-order valence-corrected chi connectivity index (χ3v) is 7.50. The number of carbonyl (C=O) groups excluding carboxylic acids is 1. The smallest absolute Gasteiger partial charge is 0.263 e. The summed E-state index contributed by atoms with van der Waals surface area (Å²) < 4.78 is 34.1. The molecule has 34 heavy (non-hydrogen) atoms. The summed E-state index contributed by atoms with van der Waals surface area (Å²) in [6, 6.07) is 25.6. The van der Waals surface area contributed by atoms with Crippen molar-refractivity contribution in [2.75, 3.05) is 10.8 Å². The van der Waals surface area contributed by atoms with Gasteiger partial charge in [-0.1, -0.05) is 86.6 Å². The summed E-state index contributed by atoms with van der Waals surface area (Å²) in [5.41, 5.74) is 2.15. The second-order valence-electron chi connectivity index (χ2n) is 8.95. The standard InChI is InChI=1S/C27H30N2O4S/c1-20(2)17-23(22-13-7-4-8-14-22)28-27(30)26-18-29(24-15-9-10-16-25(24)33-26)34(31,32)19-21-11-5-3-6-12-21/h3-16,20,23,26H,17-19H2,1-2H3,(H,28,30). The first kappa shape index (κ1) is 23.8. The number of para-hydroxylation sites is 2. The van der Waals surface area contributed by atoms with Gasteiger partial charge in [-0.05, 0) is 35.6 Å². The number of anilines is 1. The summed E-state index contributed by atoms with van der Waals surface area (Å²) >= 11 is 0. The van der Waals surface area contributed by atoms with Crippen molar-refractivity contribution < 1.29 is 17.9 Å². The highest BCUT2D eigenvalue weighted by molar-refractivity contribution is 7.92. The molecule has 0 aromatic heterocycles. The van der Waals surface area contributed by atoms with Crippen molar-refractivity contribution >= 4 is 21.6 Å². The fraction of sp³-hybridized carbons (Fsp3) is 0.296. The SMILES string of the molecule is CC(C)CC(NC(=O)C1CN(S(=O)(=O)Cc2ccccc2)c2ccccc2O1)c1ccccc1. The minimum Gasteiger partial charge on any atom is -0.476 e.